The van der Waals surface area contributed by atoms with Crippen molar-refractivity contribution in [2.24, 2.45) is 5.73 Å². The number of unbranched alkanes of at least 4 members (excludes halogenated alkanes) is 1. The van der Waals surface area contributed by atoms with E-state index in [-0.39, 0.29) is 18.9 Å². The molecule has 3 atom stereocenters. The highest BCUT2D eigenvalue weighted by Gasteiger charge is 2.23. The van der Waals surface area contributed by atoms with E-state index in [0.717, 1.165) is 0 Å². The predicted molar refractivity (Wildman–Crippen MR) is 154 cm³/mol. The number of hydrogen-bond acceptors (Lipinski definition) is 11. The van der Waals surface area contributed by atoms with E-state index in [0.29, 0.717) is 32.4 Å². The van der Waals surface area contributed by atoms with Gasteiger partial charge in [-0.25, -0.2) is 0 Å². The van der Waals surface area contributed by atoms with Crippen molar-refractivity contribution >= 4 is 47.3 Å². The lowest BCUT2D eigenvalue weighted by atomic mass is 10.1. The molecule has 0 heterocycles. The van der Waals surface area contributed by atoms with E-state index in [1.165, 1.54) is 0 Å². The molecule has 0 radical (unpaired) electrons. The number of nitrogens with one attached hydrogen (secondary N) is 8. The van der Waals surface area contributed by atoms with Gasteiger partial charge in [0.05, 0.1) is 45.4 Å². The molecule has 0 aromatic carbocycles. The van der Waals surface area contributed by atoms with Crippen LogP contribution in [0.2, 0.25) is 0 Å². The SMILES string of the molecule is CCNC(=O)C(N)CCCCNC(=O)CNC(=O)CNC(=O)C(CO)NC(=O)CNC(=O)C(CO)NC(=O)CNC(=O)CC. The Hall–Kier alpha value is -4.36. The molecule has 19 heteroatoms. The molecule has 12 N–H and O–H groups in total. The summed E-state index contributed by atoms with van der Waals surface area (Å²) < 4.78 is 0. The van der Waals surface area contributed by atoms with Crippen LogP contribution >= 0.6 is 0 Å². The van der Waals surface area contributed by atoms with Gasteiger partial charge in [0.1, 0.15) is 12.1 Å². The second-order valence-electron chi connectivity index (χ2n) is 9.29. The third kappa shape index (κ3) is 18.2. The third-order valence-corrected chi connectivity index (χ3v) is 5.68. The molecule has 0 saturated carbocycles. The van der Waals surface area contributed by atoms with Crippen LogP contribution in [-0.4, -0.2) is 128 Å². The number of rotatable bonds is 22. The average molecular weight is 632 g/mol. The first-order chi connectivity index (χ1) is 20.9. The van der Waals surface area contributed by atoms with Gasteiger partial charge >= 0.3 is 0 Å². The van der Waals surface area contributed by atoms with Crippen molar-refractivity contribution in [3.05, 3.63) is 0 Å². The number of nitrogens with two attached hydrogens (primary N) is 1. The van der Waals surface area contributed by atoms with Gasteiger partial charge in [0.25, 0.3) is 0 Å². The van der Waals surface area contributed by atoms with Crippen molar-refractivity contribution < 1.29 is 48.6 Å². The topological polar surface area (TPSA) is 299 Å². The molecule has 0 fully saturated rings. The summed E-state index contributed by atoms with van der Waals surface area (Å²) in [5.74, 6) is -5.34. The van der Waals surface area contributed by atoms with Crippen molar-refractivity contribution in [1.82, 2.24) is 42.5 Å². The Balaban J connectivity index is 4.33. The number of carbonyl (C=O) groups is 8. The molecular weight excluding hydrogens is 586 g/mol. The molecule has 250 valence electrons. The fraction of sp³-hybridized carbons (Fsp3) is 0.680. The molecule has 0 aliphatic heterocycles. The Morgan fingerprint density at radius 2 is 1.02 bits per heavy atom. The summed E-state index contributed by atoms with van der Waals surface area (Å²) in [4.78, 5) is 95.0. The summed E-state index contributed by atoms with van der Waals surface area (Å²) in [5, 5.41) is 37.3. The standard InChI is InChI=1S/C25H45N9O10/c1-3-18(37)29-11-21(40)33-17(14-36)25(44)32-12-22(41)34-16(13-35)24(43)31-10-20(39)30-9-19(38)28-8-6-5-7-15(26)23(42)27-4-2/h15-17,35-36H,3-14,26H2,1-2H3,(H,27,42)(H,28,38)(H,29,37)(H,30,39)(H,31,43)(H,32,44)(H,33,40)(H,34,41). The summed E-state index contributed by atoms with van der Waals surface area (Å²) >= 11 is 0. The second kappa shape index (κ2) is 23.1. The van der Waals surface area contributed by atoms with Crippen LogP contribution in [0.1, 0.15) is 39.5 Å². The first kappa shape index (κ1) is 39.6. The van der Waals surface area contributed by atoms with E-state index in [9.17, 15) is 48.6 Å². The molecule has 3 unspecified atom stereocenters. The Morgan fingerprint density at radius 1 is 0.568 bits per heavy atom. The van der Waals surface area contributed by atoms with Crippen LogP contribution in [0, 0.1) is 0 Å². The molecule has 8 amide bonds. The molecule has 0 aliphatic rings. The van der Waals surface area contributed by atoms with E-state index in [1.54, 1.807) is 13.8 Å². The number of amides is 8. The Kier molecular flexibility index (Phi) is 20.8. The Bertz CT molecular complexity index is 995. The zero-order valence-corrected chi connectivity index (χ0v) is 25.0. The van der Waals surface area contributed by atoms with Crippen molar-refractivity contribution in [3.8, 4) is 0 Å². The number of carbonyl (C=O) groups excluding carboxylic acids is 8. The molecule has 0 spiro atoms. The highest BCUT2D eigenvalue weighted by molar-refractivity contribution is 5.94. The maximum atomic E-state index is 12.2. The van der Waals surface area contributed by atoms with Gasteiger partial charge in [-0.2, -0.15) is 0 Å². The van der Waals surface area contributed by atoms with Gasteiger partial charge in [-0.05, 0) is 26.2 Å². The van der Waals surface area contributed by atoms with Crippen LogP contribution in [0.4, 0.5) is 0 Å². The minimum Gasteiger partial charge on any atom is -0.394 e. The van der Waals surface area contributed by atoms with Gasteiger partial charge < -0.3 is 58.5 Å². The quantitative estimate of drug-likeness (QED) is 0.0499. The maximum Gasteiger partial charge on any atom is 0.245 e. The first-order valence-corrected chi connectivity index (χ1v) is 14.1. The minimum atomic E-state index is -1.48. The monoisotopic (exact) mass is 631 g/mol. The minimum absolute atomic E-state index is 0.146. The highest BCUT2D eigenvalue weighted by Crippen LogP contribution is 1.98. The van der Waals surface area contributed by atoms with E-state index in [2.05, 4.69) is 42.5 Å². The van der Waals surface area contributed by atoms with E-state index in [4.69, 9.17) is 5.73 Å². The number of aliphatic hydroxyl groups is 2. The summed E-state index contributed by atoms with van der Waals surface area (Å²) in [7, 11) is 0. The number of aliphatic hydroxyl groups excluding tert-OH is 2. The van der Waals surface area contributed by atoms with Gasteiger partial charge in [0.2, 0.25) is 47.3 Å². The van der Waals surface area contributed by atoms with Gasteiger partial charge in [0, 0.05) is 19.5 Å². The summed E-state index contributed by atoms with van der Waals surface area (Å²) in [5.41, 5.74) is 5.74. The van der Waals surface area contributed by atoms with E-state index in [1.807, 2.05) is 0 Å². The lowest BCUT2D eigenvalue weighted by Crippen LogP contribution is -2.55. The van der Waals surface area contributed by atoms with Crippen molar-refractivity contribution in [2.75, 3.05) is 52.5 Å². The average Bonchev–Trinajstić information content (AvgIpc) is 3.01. The molecule has 0 aromatic rings. The lowest BCUT2D eigenvalue weighted by molar-refractivity contribution is -0.133. The third-order valence-electron chi connectivity index (χ3n) is 5.68. The zero-order valence-electron chi connectivity index (χ0n) is 25.0. The predicted octanol–water partition coefficient (Wildman–Crippen LogP) is -6.43. The molecule has 0 aliphatic carbocycles. The fourth-order valence-electron chi connectivity index (χ4n) is 3.22. The van der Waals surface area contributed by atoms with Crippen molar-refractivity contribution in [3.63, 3.8) is 0 Å². The van der Waals surface area contributed by atoms with Gasteiger partial charge in [-0.1, -0.05) is 6.92 Å². The fourth-order valence-corrected chi connectivity index (χ4v) is 3.22. The maximum absolute atomic E-state index is 12.2. The van der Waals surface area contributed by atoms with E-state index < -0.39 is 92.3 Å². The van der Waals surface area contributed by atoms with Crippen molar-refractivity contribution in [2.45, 2.75) is 57.7 Å². The molecule has 0 saturated heterocycles. The summed E-state index contributed by atoms with van der Waals surface area (Å²) in [6.07, 6.45) is 1.77. The summed E-state index contributed by atoms with van der Waals surface area (Å²) in [6, 6.07) is -3.53. The van der Waals surface area contributed by atoms with Crippen LogP contribution in [0.5, 0.6) is 0 Å². The van der Waals surface area contributed by atoms with Crippen LogP contribution in [0.25, 0.3) is 0 Å². The van der Waals surface area contributed by atoms with E-state index >= 15 is 0 Å². The van der Waals surface area contributed by atoms with Crippen LogP contribution in [0.3, 0.4) is 0 Å². The van der Waals surface area contributed by atoms with Gasteiger partial charge in [0.15, 0.2) is 0 Å². The van der Waals surface area contributed by atoms with Gasteiger partial charge in [-0.3, -0.25) is 38.4 Å². The van der Waals surface area contributed by atoms with Crippen LogP contribution < -0.4 is 48.3 Å². The molecule has 19 nitrogen and oxygen atoms in total. The second-order valence-corrected chi connectivity index (χ2v) is 9.29. The first-order valence-electron chi connectivity index (χ1n) is 14.1. The Labute approximate surface area is 254 Å². The molecular formula is C25H45N9O10. The van der Waals surface area contributed by atoms with Crippen molar-refractivity contribution in [1.29, 1.82) is 0 Å². The van der Waals surface area contributed by atoms with Gasteiger partial charge in [-0.15, -0.1) is 0 Å². The molecule has 0 aromatic heterocycles. The van der Waals surface area contributed by atoms with Crippen LogP contribution in [-0.2, 0) is 38.4 Å². The number of hydrogen-bond donors (Lipinski definition) is 11. The zero-order chi connectivity index (χ0) is 33.5. The smallest absolute Gasteiger partial charge is 0.245 e. The lowest BCUT2D eigenvalue weighted by Gasteiger charge is -2.18. The summed E-state index contributed by atoms with van der Waals surface area (Å²) in [6.45, 7) is 0.472. The normalized spacial score (nSPS) is 12.4. The van der Waals surface area contributed by atoms with Crippen LogP contribution in [0.15, 0.2) is 0 Å². The molecule has 0 rings (SSSR count). The number of likely N-dealkylation sites (N-methyl/N-ethyl adjacent to an activating group) is 1. The Morgan fingerprint density at radius 3 is 1.52 bits per heavy atom. The molecule has 0 bridgehead atoms. The molecule has 44 heavy (non-hydrogen) atoms. The largest absolute Gasteiger partial charge is 0.394 e. The highest BCUT2D eigenvalue weighted by atomic mass is 16.3.